The van der Waals surface area contributed by atoms with Crippen LogP contribution < -0.4 is 11.1 Å². The van der Waals surface area contributed by atoms with Crippen LogP contribution in [0.2, 0.25) is 0 Å². The van der Waals surface area contributed by atoms with Crippen LogP contribution in [0.3, 0.4) is 0 Å². The summed E-state index contributed by atoms with van der Waals surface area (Å²) in [6.45, 7) is 5.70. The number of aryl methyl sites for hydroxylation is 1. The van der Waals surface area contributed by atoms with E-state index in [1.807, 2.05) is 19.9 Å². The van der Waals surface area contributed by atoms with Crippen LogP contribution in [0.1, 0.15) is 29.6 Å². The fourth-order valence-electron chi connectivity index (χ4n) is 1.10. The maximum absolute atomic E-state index is 11.3. The second-order valence-electron chi connectivity index (χ2n) is 3.47. The normalized spacial score (nSPS) is 14.9. The van der Waals surface area contributed by atoms with Crippen LogP contribution in [0.4, 0.5) is 0 Å². The first kappa shape index (κ1) is 11.2. The standard InChI is InChI=1S/C10H16N2OS/c1-6-4-5-9(14-6)8(3)12-10(13)7(2)11/h4-5,7-8H,11H2,1-3H3,(H,12,13)/t7-,8?/m1/s1. The number of thiophene rings is 1. The highest BCUT2D eigenvalue weighted by molar-refractivity contribution is 7.12. The molecule has 0 spiro atoms. The van der Waals surface area contributed by atoms with Gasteiger partial charge in [-0.1, -0.05) is 0 Å². The summed E-state index contributed by atoms with van der Waals surface area (Å²) < 4.78 is 0. The summed E-state index contributed by atoms with van der Waals surface area (Å²) in [4.78, 5) is 13.7. The average molecular weight is 212 g/mol. The van der Waals surface area contributed by atoms with E-state index in [2.05, 4.69) is 11.4 Å². The summed E-state index contributed by atoms with van der Waals surface area (Å²) in [6, 6.07) is 3.69. The molecule has 0 fully saturated rings. The molecule has 0 bridgehead atoms. The van der Waals surface area contributed by atoms with Gasteiger partial charge in [-0.15, -0.1) is 11.3 Å². The molecule has 1 rings (SSSR count). The second kappa shape index (κ2) is 4.57. The molecule has 0 aromatic carbocycles. The Kier molecular flexibility index (Phi) is 3.66. The Morgan fingerprint density at radius 3 is 2.57 bits per heavy atom. The zero-order valence-corrected chi connectivity index (χ0v) is 9.52. The number of carbonyl (C=O) groups is 1. The molecule has 1 unspecified atom stereocenters. The molecule has 78 valence electrons. The van der Waals surface area contributed by atoms with Crippen LogP contribution >= 0.6 is 11.3 Å². The van der Waals surface area contributed by atoms with Crippen molar-refractivity contribution in [2.24, 2.45) is 5.73 Å². The highest BCUT2D eigenvalue weighted by Crippen LogP contribution is 2.22. The van der Waals surface area contributed by atoms with E-state index >= 15 is 0 Å². The number of rotatable bonds is 3. The van der Waals surface area contributed by atoms with E-state index in [-0.39, 0.29) is 11.9 Å². The lowest BCUT2D eigenvalue weighted by molar-refractivity contribution is -0.122. The van der Waals surface area contributed by atoms with Gasteiger partial charge in [-0.25, -0.2) is 0 Å². The lowest BCUT2D eigenvalue weighted by atomic mass is 10.2. The minimum Gasteiger partial charge on any atom is -0.347 e. The predicted molar refractivity (Wildman–Crippen MR) is 59.3 cm³/mol. The van der Waals surface area contributed by atoms with Crippen LogP contribution in [0, 0.1) is 6.92 Å². The molecule has 0 aliphatic carbocycles. The van der Waals surface area contributed by atoms with Crippen molar-refractivity contribution in [2.75, 3.05) is 0 Å². The molecule has 0 saturated heterocycles. The quantitative estimate of drug-likeness (QED) is 0.799. The Balaban J connectivity index is 2.59. The topological polar surface area (TPSA) is 55.1 Å². The molecule has 1 amide bonds. The first-order valence-electron chi connectivity index (χ1n) is 4.63. The third-order valence-electron chi connectivity index (χ3n) is 1.96. The molecular formula is C10H16N2OS. The van der Waals surface area contributed by atoms with E-state index in [9.17, 15) is 4.79 Å². The number of nitrogens with two attached hydrogens (primary N) is 1. The van der Waals surface area contributed by atoms with E-state index in [0.29, 0.717) is 0 Å². The van der Waals surface area contributed by atoms with E-state index in [4.69, 9.17) is 5.73 Å². The number of hydrogen-bond donors (Lipinski definition) is 2. The van der Waals surface area contributed by atoms with Crippen molar-refractivity contribution >= 4 is 17.2 Å². The zero-order chi connectivity index (χ0) is 10.7. The summed E-state index contributed by atoms with van der Waals surface area (Å²) >= 11 is 1.69. The van der Waals surface area contributed by atoms with Crippen LogP contribution in [0.5, 0.6) is 0 Å². The van der Waals surface area contributed by atoms with Gasteiger partial charge in [0, 0.05) is 9.75 Å². The van der Waals surface area contributed by atoms with Crippen LogP contribution in [0.15, 0.2) is 12.1 Å². The molecule has 1 heterocycles. The number of hydrogen-bond acceptors (Lipinski definition) is 3. The Morgan fingerprint density at radius 1 is 1.50 bits per heavy atom. The Labute approximate surface area is 88.3 Å². The summed E-state index contributed by atoms with van der Waals surface area (Å²) in [5.41, 5.74) is 5.46. The van der Waals surface area contributed by atoms with E-state index in [1.165, 1.54) is 4.88 Å². The number of amides is 1. The summed E-state index contributed by atoms with van der Waals surface area (Å²) in [5, 5.41) is 2.86. The average Bonchev–Trinajstić information content (AvgIpc) is 2.51. The molecule has 2 atom stereocenters. The van der Waals surface area contributed by atoms with Crippen molar-refractivity contribution in [3.8, 4) is 0 Å². The molecule has 14 heavy (non-hydrogen) atoms. The fraction of sp³-hybridized carbons (Fsp3) is 0.500. The van der Waals surface area contributed by atoms with Crippen molar-refractivity contribution in [3.63, 3.8) is 0 Å². The summed E-state index contributed by atoms with van der Waals surface area (Å²) in [5.74, 6) is -0.108. The van der Waals surface area contributed by atoms with Crippen LogP contribution in [-0.2, 0) is 4.79 Å². The Hall–Kier alpha value is -0.870. The second-order valence-corrected chi connectivity index (χ2v) is 4.79. The van der Waals surface area contributed by atoms with Crippen molar-refractivity contribution < 1.29 is 4.79 Å². The minimum atomic E-state index is -0.446. The first-order chi connectivity index (χ1) is 6.50. The van der Waals surface area contributed by atoms with Crippen molar-refractivity contribution in [2.45, 2.75) is 32.9 Å². The molecule has 0 saturated carbocycles. The third kappa shape index (κ3) is 2.82. The maximum Gasteiger partial charge on any atom is 0.237 e. The monoisotopic (exact) mass is 212 g/mol. The van der Waals surface area contributed by atoms with Crippen molar-refractivity contribution in [3.05, 3.63) is 21.9 Å². The van der Waals surface area contributed by atoms with Crippen LogP contribution in [-0.4, -0.2) is 11.9 Å². The van der Waals surface area contributed by atoms with Gasteiger partial charge >= 0.3 is 0 Å². The minimum absolute atomic E-state index is 0.0483. The maximum atomic E-state index is 11.3. The van der Waals surface area contributed by atoms with Gasteiger partial charge in [0.15, 0.2) is 0 Å². The van der Waals surface area contributed by atoms with Gasteiger partial charge in [0.2, 0.25) is 5.91 Å². The van der Waals surface area contributed by atoms with Crippen molar-refractivity contribution in [1.82, 2.24) is 5.32 Å². The van der Waals surface area contributed by atoms with Gasteiger partial charge in [-0.2, -0.15) is 0 Å². The van der Waals surface area contributed by atoms with E-state index in [0.717, 1.165) is 4.88 Å². The lowest BCUT2D eigenvalue weighted by Crippen LogP contribution is -2.39. The highest BCUT2D eigenvalue weighted by Gasteiger charge is 2.13. The predicted octanol–water partition coefficient (Wildman–Crippen LogP) is 1.58. The molecule has 1 aromatic heterocycles. The van der Waals surface area contributed by atoms with Gasteiger partial charge < -0.3 is 11.1 Å². The third-order valence-corrected chi connectivity index (χ3v) is 3.14. The molecule has 3 N–H and O–H groups in total. The molecular weight excluding hydrogens is 196 g/mol. The molecule has 1 aromatic rings. The van der Waals surface area contributed by atoms with E-state index in [1.54, 1.807) is 18.3 Å². The Morgan fingerprint density at radius 2 is 2.14 bits per heavy atom. The van der Waals surface area contributed by atoms with E-state index < -0.39 is 6.04 Å². The summed E-state index contributed by atoms with van der Waals surface area (Å²) in [6.07, 6.45) is 0. The number of nitrogens with one attached hydrogen (secondary N) is 1. The van der Waals surface area contributed by atoms with Gasteiger partial charge in [0.05, 0.1) is 12.1 Å². The van der Waals surface area contributed by atoms with Gasteiger partial charge in [-0.05, 0) is 32.9 Å². The first-order valence-corrected chi connectivity index (χ1v) is 5.44. The molecule has 0 radical (unpaired) electrons. The number of carbonyl (C=O) groups excluding carboxylic acids is 1. The van der Waals surface area contributed by atoms with Gasteiger partial charge in [0.25, 0.3) is 0 Å². The van der Waals surface area contributed by atoms with Gasteiger partial charge in [-0.3, -0.25) is 4.79 Å². The SMILES string of the molecule is Cc1ccc(C(C)NC(=O)[C@@H](C)N)s1. The Bertz CT molecular complexity index is 320. The molecule has 0 aliphatic heterocycles. The smallest absolute Gasteiger partial charge is 0.237 e. The molecule has 0 aliphatic rings. The lowest BCUT2D eigenvalue weighted by Gasteiger charge is -2.13. The molecule has 3 nitrogen and oxygen atoms in total. The largest absolute Gasteiger partial charge is 0.347 e. The molecule has 4 heteroatoms. The fourth-order valence-corrected chi connectivity index (χ4v) is 1.98. The van der Waals surface area contributed by atoms with Crippen molar-refractivity contribution in [1.29, 1.82) is 0 Å². The zero-order valence-electron chi connectivity index (χ0n) is 8.70. The van der Waals surface area contributed by atoms with Crippen LogP contribution in [0.25, 0.3) is 0 Å². The highest BCUT2D eigenvalue weighted by atomic mass is 32.1. The van der Waals surface area contributed by atoms with Gasteiger partial charge in [0.1, 0.15) is 0 Å². The summed E-state index contributed by atoms with van der Waals surface area (Å²) in [7, 11) is 0.